The van der Waals surface area contributed by atoms with Crippen molar-refractivity contribution in [2.24, 2.45) is 5.41 Å². The van der Waals surface area contributed by atoms with E-state index in [1.165, 1.54) is 28.1 Å². The topological polar surface area (TPSA) is 58.1 Å². The number of hydrogen-bond acceptors (Lipinski definition) is 5. The molecule has 1 atom stereocenters. The fraction of sp³-hybridized carbons (Fsp3) is 0.400. The molecular formula is C15H15IN4OP2S. The second-order valence-electron chi connectivity index (χ2n) is 6.32. The Hall–Kier alpha value is -0.330. The number of benzene rings is 1. The molecule has 5 nitrogen and oxygen atoms in total. The summed E-state index contributed by atoms with van der Waals surface area (Å²) >= 11 is 1.35. The normalized spacial score (nSPS) is 23.9. The molecule has 5 rings (SSSR count). The Morgan fingerprint density at radius 3 is 3.17 bits per heavy atom. The van der Waals surface area contributed by atoms with Crippen molar-refractivity contribution in [3.8, 4) is 0 Å². The molecule has 9 heteroatoms. The second kappa shape index (κ2) is 6.13. The van der Waals surface area contributed by atoms with Crippen LogP contribution in [0.4, 0.5) is 0 Å². The first-order valence-electron chi connectivity index (χ1n) is 7.87. The Bertz CT molecular complexity index is 906. The molecule has 0 saturated carbocycles. The minimum Gasteiger partial charge on any atom is -0.317 e. The molecular weight excluding hydrogens is 473 g/mol. The van der Waals surface area contributed by atoms with E-state index in [1.54, 1.807) is 10.8 Å². The Morgan fingerprint density at radius 1 is 1.42 bits per heavy atom. The quantitative estimate of drug-likeness (QED) is 0.373. The number of rotatable bonds is 1. The third-order valence-corrected chi connectivity index (χ3v) is 15.6. The highest BCUT2D eigenvalue weighted by molar-refractivity contribution is 14.2. The predicted octanol–water partition coefficient (Wildman–Crippen LogP) is 4.13. The van der Waals surface area contributed by atoms with Gasteiger partial charge in [-0.1, -0.05) is 4.49 Å². The van der Waals surface area contributed by atoms with E-state index in [0.29, 0.717) is 0 Å². The van der Waals surface area contributed by atoms with Crippen LogP contribution in [0.2, 0.25) is 0 Å². The van der Waals surface area contributed by atoms with Crippen molar-refractivity contribution < 1.29 is 4.79 Å². The van der Waals surface area contributed by atoms with Crippen molar-refractivity contribution in [2.75, 3.05) is 19.6 Å². The van der Waals surface area contributed by atoms with Crippen molar-refractivity contribution in [3.63, 3.8) is 0 Å². The van der Waals surface area contributed by atoms with Crippen LogP contribution in [0.3, 0.4) is 0 Å². The molecule has 2 aromatic rings. The number of nitrogens with zero attached hydrogens (tertiary/aromatic N) is 3. The van der Waals surface area contributed by atoms with E-state index in [9.17, 15) is 4.79 Å². The lowest BCUT2D eigenvalue weighted by molar-refractivity contribution is 0.0788. The van der Waals surface area contributed by atoms with Gasteiger partial charge in [0.15, 0.2) is 0 Å². The maximum absolute atomic E-state index is 13.2. The standard InChI is InChI=1S/C15H15IN4OP2S/c21-14(9-1-2-11-10(7-9)18-19-24-11)20-8-15(3-5-17-6-4-15)12-13(20)16-23-22-12/h1-2,7,17,22H,3-6,8H2. The average molecular weight is 488 g/mol. The maximum atomic E-state index is 13.2. The number of amides is 1. The molecule has 1 saturated heterocycles. The van der Waals surface area contributed by atoms with Crippen LogP contribution in [0.15, 0.2) is 27.2 Å². The molecule has 1 fully saturated rings. The number of fused-ring (bicyclic) bond motifs is 2. The summed E-state index contributed by atoms with van der Waals surface area (Å²) in [7, 11) is 0.929. The lowest BCUT2D eigenvalue weighted by Crippen LogP contribution is -2.41. The summed E-state index contributed by atoms with van der Waals surface area (Å²) in [5.41, 5.74) is 3.43. The molecule has 1 spiro atoms. The van der Waals surface area contributed by atoms with Crippen LogP contribution in [0.25, 0.3) is 10.2 Å². The molecule has 1 amide bonds. The number of carbonyl (C=O) groups is 1. The van der Waals surface area contributed by atoms with Crippen LogP contribution in [0, 0.1) is 5.41 Å². The van der Waals surface area contributed by atoms with Crippen molar-refractivity contribution in [1.82, 2.24) is 19.8 Å². The first-order valence-corrected chi connectivity index (χ1v) is 15.2. The van der Waals surface area contributed by atoms with Crippen molar-refractivity contribution in [1.29, 1.82) is 0 Å². The highest BCUT2D eigenvalue weighted by atomic mass is 127. The number of carbonyl (C=O) groups excluding carboxylic acids is 1. The van der Waals surface area contributed by atoms with Crippen LogP contribution in [-0.4, -0.2) is 40.0 Å². The van der Waals surface area contributed by atoms with E-state index in [2.05, 4.69) is 19.8 Å². The van der Waals surface area contributed by atoms with Gasteiger partial charge < -0.3 is 10.2 Å². The molecule has 0 aliphatic carbocycles. The molecule has 1 unspecified atom stereocenters. The number of nitrogens with one attached hydrogen (secondary N) is 1. The highest BCUT2D eigenvalue weighted by Gasteiger charge is 2.48. The molecule has 1 N–H and O–H groups in total. The van der Waals surface area contributed by atoms with E-state index in [0.717, 1.165) is 43.7 Å². The van der Waals surface area contributed by atoms with E-state index < -0.39 is 0 Å². The van der Waals surface area contributed by atoms with Gasteiger partial charge in [0.1, 0.15) is 5.52 Å². The van der Waals surface area contributed by atoms with E-state index >= 15 is 0 Å². The van der Waals surface area contributed by atoms with Crippen LogP contribution in [0.1, 0.15) is 23.2 Å². The molecule has 3 aliphatic rings. The van der Waals surface area contributed by atoms with Gasteiger partial charge in [0.25, 0.3) is 5.91 Å². The highest BCUT2D eigenvalue weighted by Crippen LogP contribution is 2.67. The van der Waals surface area contributed by atoms with Gasteiger partial charge in [-0.2, -0.15) is 0 Å². The molecule has 1 aromatic carbocycles. The zero-order valence-electron chi connectivity index (χ0n) is 12.8. The van der Waals surface area contributed by atoms with Gasteiger partial charge in [-0.3, -0.25) is 4.79 Å². The summed E-state index contributed by atoms with van der Waals surface area (Å²) in [4.78, 5) is 15.4. The van der Waals surface area contributed by atoms with Crippen LogP contribution < -0.4 is 5.32 Å². The van der Waals surface area contributed by atoms with Gasteiger partial charge in [0, 0.05) is 17.5 Å². The Morgan fingerprint density at radius 2 is 2.29 bits per heavy atom. The molecule has 0 radical (unpaired) electrons. The first kappa shape index (κ1) is 15.9. The number of piperidine rings is 1. The summed E-state index contributed by atoms with van der Waals surface area (Å²) in [6.07, 6.45) is 2.35. The zero-order valence-corrected chi connectivity index (χ0v) is 17.6. The summed E-state index contributed by atoms with van der Waals surface area (Å²) in [5, 5.41) is 9.24. The van der Waals surface area contributed by atoms with Crippen molar-refractivity contribution in [3.05, 3.63) is 32.8 Å². The Balaban J connectivity index is 1.52. The lowest BCUT2D eigenvalue weighted by atomic mass is 9.80. The second-order valence-corrected chi connectivity index (χ2v) is 16.2. The number of hydrogen-bond donors (Lipinski definition) is 1. The maximum Gasteiger partial charge on any atom is 0.258 e. The summed E-state index contributed by atoms with van der Waals surface area (Å²) in [5.74, 6) is 0.161. The smallest absolute Gasteiger partial charge is 0.258 e. The van der Waals surface area contributed by atoms with E-state index in [4.69, 9.17) is 0 Å². The number of aromatic nitrogens is 2. The monoisotopic (exact) mass is 488 g/mol. The molecule has 1 aromatic heterocycles. The van der Waals surface area contributed by atoms with Crippen LogP contribution >= 0.6 is 45.4 Å². The molecule has 124 valence electrons. The molecule has 4 heterocycles. The van der Waals surface area contributed by atoms with Crippen molar-refractivity contribution >= 4 is 61.5 Å². The van der Waals surface area contributed by atoms with Gasteiger partial charge in [-0.05, 0) is 94.8 Å². The summed E-state index contributed by atoms with van der Waals surface area (Å²) in [6, 6.07) is 5.82. The zero-order chi connectivity index (χ0) is 16.1. The first-order chi connectivity index (χ1) is 11.8. The van der Waals surface area contributed by atoms with Gasteiger partial charge in [-0.25, -0.2) is 0 Å². The van der Waals surface area contributed by atoms with E-state index in [1.807, 2.05) is 18.2 Å². The fourth-order valence-electron chi connectivity index (χ4n) is 3.71. The largest absolute Gasteiger partial charge is 0.317 e. The van der Waals surface area contributed by atoms with E-state index in [-0.39, 0.29) is 31.5 Å². The number of halogens is 1. The average Bonchev–Trinajstić information content (AvgIpc) is 3.32. The fourth-order valence-corrected chi connectivity index (χ4v) is 16.7. The van der Waals surface area contributed by atoms with Crippen LogP contribution in [-0.2, 0) is 0 Å². The molecule has 3 aliphatic heterocycles. The minimum absolute atomic E-state index is 0.0231. The molecule has 24 heavy (non-hydrogen) atoms. The van der Waals surface area contributed by atoms with Gasteiger partial charge in [0.2, 0.25) is 0 Å². The minimum atomic E-state index is -0.0231. The third kappa shape index (κ3) is 2.43. The van der Waals surface area contributed by atoms with Gasteiger partial charge in [0.05, 0.1) is 8.40 Å². The Kier molecular flexibility index (Phi) is 4.06. The summed E-state index contributed by atoms with van der Waals surface area (Å²) in [6.45, 7) is 3.05. The Labute approximate surface area is 156 Å². The van der Waals surface area contributed by atoms with Crippen LogP contribution in [0.5, 0.6) is 0 Å². The van der Waals surface area contributed by atoms with Gasteiger partial charge >= 0.3 is 0 Å². The predicted molar refractivity (Wildman–Crippen MR) is 109 cm³/mol. The van der Waals surface area contributed by atoms with Crippen molar-refractivity contribution in [2.45, 2.75) is 12.8 Å². The summed E-state index contributed by atoms with van der Waals surface area (Å²) < 4.78 is 6.44. The third-order valence-electron chi connectivity index (χ3n) is 5.01. The lowest BCUT2D eigenvalue weighted by Gasteiger charge is -2.36. The SMILES string of the molecule is O=C(c1ccc2snnc2c1)N1CC2(CCNCC2)C2=C1I=PP2. The molecule has 0 bridgehead atoms. The van der Waals surface area contributed by atoms with Gasteiger partial charge in [-0.15, -0.1) is 5.10 Å².